The number of aromatic nitrogens is 2. The highest BCUT2D eigenvalue weighted by molar-refractivity contribution is 6.28. The fourth-order valence-electron chi connectivity index (χ4n) is 2.36. The molecule has 1 aliphatic carbocycles. The van der Waals surface area contributed by atoms with Crippen molar-refractivity contribution < 1.29 is 5.11 Å². The maximum Gasteiger partial charge on any atom is 0.224 e. The van der Waals surface area contributed by atoms with Crippen molar-refractivity contribution in [2.24, 2.45) is 0 Å². The van der Waals surface area contributed by atoms with E-state index in [4.69, 9.17) is 18.0 Å². The molecule has 1 heterocycles. The quantitative estimate of drug-likeness (QED) is 0.664. The van der Waals surface area contributed by atoms with Gasteiger partial charge in [0.15, 0.2) is 0 Å². The monoisotopic (exact) mass is 295 g/mol. The lowest BCUT2D eigenvalue weighted by molar-refractivity contribution is 0.172. The summed E-state index contributed by atoms with van der Waals surface area (Å²) in [5.41, 5.74) is 0.236. The van der Waals surface area contributed by atoms with E-state index in [1.54, 1.807) is 0 Å². The average molecular weight is 296 g/mol. The van der Waals surface area contributed by atoms with Crippen LogP contribution >= 0.6 is 11.6 Å². The third-order valence-corrected chi connectivity index (χ3v) is 3.59. The Hall–Kier alpha value is -1.31. The summed E-state index contributed by atoms with van der Waals surface area (Å²) in [7, 11) is 0. The van der Waals surface area contributed by atoms with Gasteiger partial charge in [0.2, 0.25) is 5.28 Å². The molecule has 0 saturated heterocycles. The zero-order valence-corrected chi connectivity index (χ0v) is 12.9. The van der Waals surface area contributed by atoms with Crippen molar-refractivity contribution in [3.8, 4) is 12.3 Å². The van der Waals surface area contributed by atoms with E-state index >= 15 is 0 Å². The number of anilines is 1. The van der Waals surface area contributed by atoms with Crippen molar-refractivity contribution >= 4 is 17.4 Å². The van der Waals surface area contributed by atoms with Gasteiger partial charge in [-0.15, -0.1) is 6.42 Å². The normalized spacial score (nSPS) is 16.6. The zero-order valence-electron chi connectivity index (χ0n) is 12.1. The van der Waals surface area contributed by atoms with E-state index < -0.39 is 0 Å². The molecule has 2 rings (SSSR count). The highest BCUT2D eigenvalue weighted by Gasteiger charge is 2.32. The Kier molecular flexibility index (Phi) is 6.77. The predicted octanol–water partition coefficient (Wildman–Crippen LogP) is 3.24. The van der Waals surface area contributed by atoms with E-state index in [-0.39, 0.29) is 17.4 Å². The van der Waals surface area contributed by atoms with Crippen LogP contribution in [-0.2, 0) is 0 Å². The van der Waals surface area contributed by atoms with Gasteiger partial charge in [0, 0.05) is 6.20 Å². The van der Waals surface area contributed by atoms with Crippen LogP contribution < -0.4 is 5.32 Å². The van der Waals surface area contributed by atoms with Crippen LogP contribution in [0.4, 0.5) is 5.82 Å². The van der Waals surface area contributed by atoms with E-state index in [9.17, 15) is 5.11 Å². The molecular weight excluding hydrogens is 274 g/mol. The molecule has 0 radical (unpaired) electrons. The molecule has 0 atom stereocenters. The molecule has 0 aliphatic heterocycles. The number of rotatable bonds is 3. The smallest absolute Gasteiger partial charge is 0.224 e. The molecule has 0 aromatic carbocycles. The summed E-state index contributed by atoms with van der Waals surface area (Å²) in [6.45, 7) is 4.07. The second-order valence-electron chi connectivity index (χ2n) is 4.67. The van der Waals surface area contributed by atoms with E-state index in [1.165, 1.54) is 12.6 Å². The number of aliphatic hydroxyl groups excluding tert-OH is 1. The number of hydrogen-bond donors (Lipinski definition) is 2. The molecule has 110 valence electrons. The van der Waals surface area contributed by atoms with Gasteiger partial charge in [-0.25, -0.2) is 4.98 Å². The number of nitrogens with zero attached hydrogens (tertiary/aromatic N) is 2. The van der Waals surface area contributed by atoms with Gasteiger partial charge in [0.25, 0.3) is 0 Å². The predicted molar refractivity (Wildman–Crippen MR) is 82.8 cm³/mol. The highest BCUT2D eigenvalue weighted by atomic mass is 35.5. The van der Waals surface area contributed by atoms with Gasteiger partial charge < -0.3 is 10.4 Å². The molecule has 1 saturated carbocycles. The van der Waals surface area contributed by atoms with Crippen LogP contribution in [0.3, 0.4) is 0 Å². The summed E-state index contributed by atoms with van der Waals surface area (Å²) < 4.78 is 0. The third-order valence-electron chi connectivity index (χ3n) is 3.41. The Morgan fingerprint density at radius 1 is 1.40 bits per heavy atom. The summed E-state index contributed by atoms with van der Waals surface area (Å²) in [6, 6.07) is 0. The first kappa shape index (κ1) is 16.7. The Morgan fingerprint density at radius 2 is 2.05 bits per heavy atom. The summed E-state index contributed by atoms with van der Waals surface area (Å²) >= 11 is 5.79. The number of aliphatic hydroxyl groups is 1. The van der Waals surface area contributed by atoms with Crippen LogP contribution in [-0.4, -0.2) is 27.2 Å². The largest absolute Gasteiger partial charge is 0.394 e. The van der Waals surface area contributed by atoms with Crippen molar-refractivity contribution in [2.75, 3.05) is 11.9 Å². The molecule has 0 amide bonds. The van der Waals surface area contributed by atoms with Gasteiger partial charge in [0.1, 0.15) is 5.82 Å². The maximum atomic E-state index is 9.65. The Labute approximate surface area is 126 Å². The molecule has 0 bridgehead atoms. The van der Waals surface area contributed by atoms with Gasteiger partial charge in [-0.1, -0.05) is 39.0 Å². The first-order valence-corrected chi connectivity index (χ1v) is 7.45. The number of nitrogens with one attached hydrogen (secondary N) is 1. The Balaban J connectivity index is 0.000000956. The SMILES string of the molecule is C#Cc1cnc(Cl)nc1NC1(CO)CCCCC1.CC. The van der Waals surface area contributed by atoms with Gasteiger partial charge in [0.05, 0.1) is 17.7 Å². The second kappa shape index (κ2) is 8.08. The lowest BCUT2D eigenvalue weighted by Crippen LogP contribution is -2.44. The average Bonchev–Trinajstić information content (AvgIpc) is 2.50. The maximum absolute atomic E-state index is 9.65. The summed E-state index contributed by atoms with van der Waals surface area (Å²) in [5.74, 6) is 3.06. The van der Waals surface area contributed by atoms with E-state index in [1.807, 2.05) is 13.8 Å². The second-order valence-corrected chi connectivity index (χ2v) is 5.01. The minimum Gasteiger partial charge on any atom is -0.394 e. The minimum absolute atomic E-state index is 0.0681. The molecule has 1 aromatic heterocycles. The topological polar surface area (TPSA) is 58.0 Å². The molecule has 0 unspecified atom stereocenters. The lowest BCUT2D eigenvalue weighted by Gasteiger charge is -2.37. The summed E-state index contributed by atoms with van der Waals surface area (Å²) in [6.07, 6.45) is 12.2. The van der Waals surface area contributed by atoms with E-state index in [0.717, 1.165) is 25.7 Å². The summed E-state index contributed by atoms with van der Waals surface area (Å²) in [4.78, 5) is 7.98. The number of halogens is 1. The molecule has 20 heavy (non-hydrogen) atoms. The molecule has 1 aliphatic rings. The van der Waals surface area contributed by atoms with Crippen LogP contribution in [0.1, 0.15) is 51.5 Å². The fourth-order valence-corrected chi connectivity index (χ4v) is 2.50. The number of hydrogen-bond acceptors (Lipinski definition) is 4. The number of terminal acetylenes is 1. The highest BCUT2D eigenvalue weighted by Crippen LogP contribution is 2.31. The zero-order chi connectivity index (χ0) is 15.0. The minimum atomic E-state index is -0.332. The first-order valence-electron chi connectivity index (χ1n) is 7.07. The van der Waals surface area contributed by atoms with Crippen LogP contribution in [0.25, 0.3) is 0 Å². The molecule has 1 fully saturated rings. The van der Waals surface area contributed by atoms with E-state index in [0.29, 0.717) is 11.4 Å². The Morgan fingerprint density at radius 3 is 2.60 bits per heavy atom. The van der Waals surface area contributed by atoms with Crippen LogP contribution in [0.15, 0.2) is 6.20 Å². The van der Waals surface area contributed by atoms with Gasteiger partial charge >= 0.3 is 0 Å². The molecule has 2 N–H and O–H groups in total. The van der Waals surface area contributed by atoms with Crippen LogP contribution in [0.5, 0.6) is 0 Å². The Bertz CT molecular complexity index is 465. The van der Waals surface area contributed by atoms with Crippen LogP contribution in [0, 0.1) is 12.3 Å². The van der Waals surface area contributed by atoms with Crippen molar-refractivity contribution in [2.45, 2.75) is 51.5 Å². The van der Waals surface area contributed by atoms with Gasteiger partial charge in [-0.05, 0) is 24.4 Å². The van der Waals surface area contributed by atoms with Crippen molar-refractivity contribution in [3.63, 3.8) is 0 Å². The standard InChI is InChI=1S/C13H16ClN3O.C2H6/c1-2-10-8-15-12(14)16-11(10)17-13(9-18)6-4-3-5-7-13;1-2/h1,8,18H,3-7,9H2,(H,15,16,17);1-2H3. The molecule has 4 nitrogen and oxygen atoms in total. The fraction of sp³-hybridized carbons (Fsp3) is 0.600. The van der Waals surface area contributed by atoms with Crippen molar-refractivity contribution in [1.82, 2.24) is 9.97 Å². The molecule has 0 spiro atoms. The molecule has 1 aromatic rings. The molecular formula is C15H22ClN3O. The van der Waals surface area contributed by atoms with Gasteiger partial charge in [-0.2, -0.15) is 4.98 Å². The third kappa shape index (κ3) is 4.09. The van der Waals surface area contributed by atoms with E-state index in [2.05, 4.69) is 21.2 Å². The van der Waals surface area contributed by atoms with Crippen molar-refractivity contribution in [1.29, 1.82) is 0 Å². The van der Waals surface area contributed by atoms with Crippen LogP contribution in [0.2, 0.25) is 5.28 Å². The van der Waals surface area contributed by atoms with Crippen molar-refractivity contribution in [3.05, 3.63) is 17.0 Å². The molecule has 5 heteroatoms. The summed E-state index contributed by atoms with van der Waals surface area (Å²) in [5, 5.41) is 13.1. The lowest BCUT2D eigenvalue weighted by atomic mass is 9.82. The first-order chi connectivity index (χ1) is 9.69. The van der Waals surface area contributed by atoms with Gasteiger partial charge in [-0.3, -0.25) is 0 Å².